The van der Waals surface area contributed by atoms with Crippen molar-refractivity contribution in [1.29, 1.82) is 0 Å². The molecule has 0 atom stereocenters. The molecule has 1 aromatic carbocycles. The van der Waals surface area contributed by atoms with Crippen LogP contribution in [0.25, 0.3) is 0 Å². The maximum Gasteiger partial charge on any atom is 0.322 e. The highest BCUT2D eigenvalue weighted by Gasteiger charge is 2.12. The van der Waals surface area contributed by atoms with Crippen LogP contribution in [0.15, 0.2) is 30.3 Å². The third-order valence-electron chi connectivity index (χ3n) is 1.56. The van der Waals surface area contributed by atoms with E-state index in [9.17, 15) is 13.2 Å². The van der Waals surface area contributed by atoms with Gasteiger partial charge < -0.3 is 4.74 Å². The molecule has 0 fully saturated rings. The summed E-state index contributed by atoms with van der Waals surface area (Å²) < 4.78 is 25.8. The van der Waals surface area contributed by atoms with Gasteiger partial charge >= 0.3 is 5.97 Å². The number of nitrogens with two attached hydrogens (primary N) is 1. The van der Waals surface area contributed by atoms with Crippen LogP contribution in [0.3, 0.4) is 0 Å². The topological polar surface area (TPSA) is 86.5 Å². The fourth-order valence-corrected chi connectivity index (χ4v) is 1.36. The molecule has 0 aromatic heterocycles. The van der Waals surface area contributed by atoms with Gasteiger partial charge in [-0.1, -0.05) is 30.3 Å². The van der Waals surface area contributed by atoms with Gasteiger partial charge in [-0.05, 0) is 5.56 Å². The van der Waals surface area contributed by atoms with E-state index in [4.69, 9.17) is 4.74 Å². The molecule has 0 radical (unpaired) electrons. The lowest BCUT2D eigenvalue weighted by Gasteiger charge is -2.03. The summed E-state index contributed by atoms with van der Waals surface area (Å²) in [5.41, 5.74) is 0.792. The minimum Gasteiger partial charge on any atom is -0.460 e. The number of carbonyl (C=O) groups excluding carboxylic acids is 1. The maximum atomic E-state index is 11.0. The predicted octanol–water partition coefficient (Wildman–Crippen LogP) is 0.0183. The van der Waals surface area contributed by atoms with E-state index in [-0.39, 0.29) is 6.61 Å². The highest BCUT2D eigenvalue weighted by Crippen LogP contribution is 2.00. The summed E-state index contributed by atoms with van der Waals surface area (Å²) in [5, 5.41) is 4.68. The van der Waals surface area contributed by atoms with Crippen molar-refractivity contribution in [3.8, 4) is 0 Å². The molecule has 0 saturated heterocycles. The third-order valence-corrected chi connectivity index (χ3v) is 2.20. The largest absolute Gasteiger partial charge is 0.460 e. The Labute approximate surface area is 87.9 Å². The first-order valence-electron chi connectivity index (χ1n) is 4.17. The maximum absolute atomic E-state index is 11.0. The summed E-state index contributed by atoms with van der Waals surface area (Å²) in [5.74, 6) is -1.64. The quantitative estimate of drug-likeness (QED) is 0.737. The number of sulfonamides is 1. The zero-order chi connectivity index (χ0) is 11.3. The molecular weight excluding hydrogens is 218 g/mol. The highest BCUT2D eigenvalue weighted by molar-refractivity contribution is 7.89. The number of ether oxygens (including phenoxy) is 1. The molecule has 5 nitrogen and oxygen atoms in total. The molecular formula is C9H11NO4S. The van der Waals surface area contributed by atoms with E-state index < -0.39 is 21.7 Å². The van der Waals surface area contributed by atoms with Gasteiger partial charge in [0.2, 0.25) is 10.0 Å². The van der Waals surface area contributed by atoms with E-state index in [2.05, 4.69) is 5.14 Å². The lowest BCUT2D eigenvalue weighted by Crippen LogP contribution is -2.24. The van der Waals surface area contributed by atoms with Crippen molar-refractivity contribution in [3.05, 3.63) is 35.9 Å². The Bertz CT molecular complexity index is 427. The second-order valence-electron chi connectivity index (χ2n) is 2.95. The minimum absolute atomic E-state index is 0.0508. The predicted molar refractivity (Wildman–Crippen MR) is 54.2 cm³/mol. The monoisotopic (exact) mass is 229 g/mol. The molecule has 1 rings (SSSR count). The number of benzene rings is 1. The van der Waals surface area contributed by atoms with Crippen LogP contribution in [0.4, 0.5) is 0 Å². The standard InChI is InChI=1S/C9H11NO4S/c10-15(12,13)7-9(11)14-6-8-4-2-1-3-5-8/h1-5H,6-7H2,(H2,10,12,13). The van der Waals surface area contributed by atoms with Crippen molar-refractivity contribution in [1.82, 2.24) is 0 Å². The Kier molecular flexibility index (Phi) is 3.81. The van der Waals surface area contributed by atoms with E-state index in [1.165, 1.54) is 0 Å². The van der Waals surface area contributed by atoms with Gasteiger partial charge in [-0.15, -0.1) is 0 Å². The van der Waals surface area contributed by atoms with Crippen molar-refractivity contribution >= 4 is 16.0 Å². The Balaban J connectivity index is 2.42. The fourth-order valence-electron chi connectivity index (χ4n) is 0.944. The summed E-state index contributed by atoms with van der Waals surface area (Å²) in [6.45, 7) is 0.0508. The summed E-state index contributed by atoms with van der Waals surface area (Å²) in [4.78, 5) is 11.0. The van der Waals surface area contributed by atoms with Crippen molar-refractivity contribution in [3.63, 3.8) is 0 Å². The number of rotatable bonds is 4. The number of hydrogen-bond acceptors (Lipinski definition) is 4. The average Bonchev–Trinajstić information content (AvgIpc) is 2.14. The van der Waals surface area contributed by atoms with Crippen LogP contribution in [0.2, 0.25) is 0 Å². The number of esters is 1. The lowest BCUT2D eigenvalue weighted by molar-refractivity contribution is -0.141. The van der Waals surface area contributed by atoms with Gasteiger partial charge in [-0.25, -0.2) is 13.6 Å². The molecule has 0 bridgehead atoms. The van der Waals surface area contributed by atoms with Gasteiger partial charge in [0.25, 0.3) is 0 Å². The van der Waals surface area contributed by atoms with Crippen LogP contribution < -0.4 is 5.14 Å². The molecule has 82 valence electrons. The zero-order valence-corrected chi connectivity index (χ0v) is 8.74. The molecule has 0 amide bonds. The fraction of sp³-hybridized carbons (Fsp3) is 0.222. The first-order valence-corrected chi connectivity index (χ1v) is 5.89. The van der Waals surface area contributed by atoms with Crippen molar-refractivity contribution in [2.75, 3.05) is 5.75 Å². The van der Waals surface area contributed by atoms with Crippen LogP contribution in [0, 0.1) is 0 Å². The van der Waals surface area contributed by atoms with Crippen LogP contribution in [-0.4, -0.2) is 20.1 Å². The normalized spacial score (nSPS) is 11.0. The van der Waals surface area contributed by atoms with E-state index in [0.29, 0.717) is 0 Å². The Morgan fingerprint density at radius 2 is 1.87 bits per heavy atom. The van der Waals surface area contributed by atoms with Crippen molar-refractivity contribution < 1.29 is 17.9 Å². The van der Waals surface area contributed by atoms with Gasteiger partial charge in [0.15, 0.2) is 5.75 Å². The number of primary sulfonamides is 1. The van der Waals surface area contributed by atoms with E-state index >= 15 is 0 Å². The molecule has 1 aromatic rings. The smallest absolute Gasteiger partial charge is 0.322 e. The molecule has 15 heavy (non-hydrogen) atoms. The van der Waals surface area contributed by atoms with Crippen LogP contribution >= 0.6 is 0 Å². The third kappa shape index (κ3) is 5.14. The molecule has 6 heteroatoms. The van der Waals surface area contributed by atoms with Gasteiger partial charge in [0, 0.05) is 0 Å². The Hall–Kier alpha value is -1.40. The molecule has 0 heterocycles. The summed E-state index contributed by atoms with van der Waals surface area (Å²) in [7, 11) is -3.80. The average molecular weight is 229 g/mol. The second kappa shape index (κ2) is 4.90. The summed E-state index contributed by atoms with van der Waals surface area (Å²) in [6.07, 6.45) is 0. The van der Waals surface area contributed by atoms with Crippen LogP contribution in [0.1, 0.15) is 5.56 Å². The second-order valence-corrected chi connectivity index (χ2v) is 4.57. The van der Waals surface area contributed by atoms with Crippen LogP contribution in [0.5, 0.6) is 0 Å². The van der Waals surface area contributed by atoms with Crippen molar-refractivity contribution in [2.24, 2.45) is 5.14 Å². The van der Waals surface area contributed by atoms with Gasteiger partial charge in [-0.2, -0.15) is 0 Å². The number of carbonyl (C=O) groups is 1. The highest BCUT2D eigenvalue weighted by atomic mass is 32.2. The van der Waals surface area contributed by atoms with E-state index in [0.717, 1.165) is 5.56 Å². The molecule has 0 spiro atoms. The minimum atomic E-state index is -3.80. The summed E-state index contributed by atoms with van der Waals surface area (Å²) in [6, 6.07) is 8.95. The van der Waals surface area contributed by atoms with Gasteiger partial charge in [0.1, 0.15) is 6.61 Å². The van der Waals surface area contributed by atoms with E-state index in [1.54, 1.807) is 24.3 Å². The molecule has 0 aliphatic carbocycles. The zero-order valence-electron chi connectivity index (χ0n) is 7.92. The SMILES string of the molecule is NS(=O)(=O)CC(=O)OCc1ccccc1. The lowest BCUT2D eigenvalue weighted by atomic mass is 10.2. The van der Waals surface area contributed by atoms with E-state index in [1.807, 2.05) is 6.07 Å². The van der Waals surface area contributed by atoms with Gasteiger partial charge in [-0.3, -0.25) is 4.79 Å². The molecule has 0 unspecified atom stereocenters. The molecule has 2 N–H and O–H groups in total. The first-order chi connectivity index (χ1) is 6.97. The number of hydrogen-bond donors (Lipinski definition) is 1. The Morgan fingerprint density at radius 3 is 2.40 bits per heavy atom. The summed E-state index contributed by atoms with van der Waals surface area (Å²) >= 11 is 0. The molecule has 0 aliphatic heterocycles. The molecule has 0 aliphatic rings. The first kappa shape index (κ1) is 11.7. The van der Waals surface area contributed by atoms with Crippen LogP contribution in [-0.2, 0) is 26.2 Å². The van der Waals surface area contributed by atoms with Crippen molar-refractivity contribution in [2.45, 2.75) is 6.61 Å². The molecule has 0 saturated carbocycles. The Morgan fingerprint density at radius 1 is 1.27 bits per heavy atom. The van der Waals surface area contributed by atoms with Gasteiger partial charge in [0.05, 0.1) is 0 Å².